The minimum absolute atomic E-state index is 0.195. The lowest BCUT2D eigenvalue weighted by molar-refractivity contribution is -0.155. The molecular weight excluding hydrogens is 356 g/mol. The molecule has 0 unspecified atom stereocenters. The van der Waals surface area contributed by atoms with Crippen LogP contribution in [0.3, 0.4) is 0 Å². The van der Waals surface area contributed by atoms with Crippen molar-refractivity contribution in [2.45, 2.75) is 110 Å². The average molecular weight is 401 g/mol. The monoisotopic (exact) mass is 400 g/mol. The van der Waals surface area contributed by atoms with Gasteiger partial charge in [-0.2, -0.15) is 0 Å². The molecule has 166 valence electrons. The Balaban J connectivity index is 3.20. The van der Waals surface area contributed by atoms with Crippen molar-refractivity contribution in [3.05, 3.63) is 0 Å². The zero-order valence-corrected chi connectivity index (χ0v) is 18.5. The molecule has 0 aliphatic carbocycles. The van der Waals surface area contributed by atoms with E-state index in [0.29, 0.717) is 13.2 Å². The predicted octanol–water partition coefficient (Wildman–Crippen LogP) is 5.98. The number of hydrogen-bond donors (Lipinski definition) is 0. The van der Waals surface area contributed by atoms with Gasteiger partial charge >= 0.3 is 11.9 Å². The molecule has 0 bridgehead atoms. The summed E-state index contributed by atoms with van der Waals surface area (Å²) < 4.78 is 14.9. The van der Waals surface area contributed by atoms with Gasteiger partial charge in [0.05, 0.1) is 13.2 Å². The third-order valence-electron chi connectivity index (χ3n) is 4.67. The minimum atomic E-state index is -0.443. The Hall–Kier alpha value is -1.10. The van der Waals surface area contributed by atoms with Crippen molar-refractivity contribution >= 4 is 11.9 Å². The summed E-state index contributed by atoms with van der Waals surface area (Å²) in [7, 11) is 0. The van der Waals surface area contributed by atoms with Gasteiger partial charge in [0.25, 0.3) is 0 Å². The van der Waals surface area contributed by atoms with E-state index < -0.39 is 11.9 Å². The number of esters is 2. The lowest BCUT2D eigenvalue weighted by Gasteiger charge is -2.06. The summed E-state index contributed by atoms with van der Waals surface area (Å²) in [5, 5.41) is 0. The number of carbonyl (C=O) groups excluding carboxylic acids is 2. The molecule has 0 spiro atoms. The quantitative estimate of drug-likeness (QED) is 0.175. The predicted molar refractivity (Wildman–Crippen MR) is 113 cm³/mol. The highest BCUT2D eigenvalue weighted by atomic mass is 16.6. The molecule has 0 radical (unpaired) electrons. The molecule has 0 aliphatic rings. The van der Waals surface area contributed by atoms with Crippen molar-refractivity contribution in [2.75, 3.05) is 26.4 Å². The molecule has 0 aromatic carbocycles. The Morgan fingerprint density at radius 3 is 1.32 bits per heavy atom. The first-order chi connectivity index (χ1) is 13.7. The number of ether oxygens (including phenoxy) is 3. The fraction of sp³-hybridized carbons (Fsp3) is 0.913. The van der Waals surface area contributed by atoms with Crippen LogP contribution in [-0.2, 0) is 23.8 Å². The topological polar surface area (TPSA) is 61.8 Å². The molecule has 0 aromatic rings. The number of carbonyl (C=O) groups is 2. The van der Waals surface area contributed by atoms with Gasteiger partial charge < -0.3 is 14.2 Å². The standard InChI is InChI=1S/C23H44O5/c1-3-5-6-7-8-9-10-11-12-13-14-15-16-17-19-28-23(25)21-26-20-22(24)27-18-4-2/h3-21H2,1-2H3. The molecule has 0 saturated carbocycles. The van der Waals surface area contributed by atoms with E-state index in [4.69, 9.17) is 14.2 Å². The molecule has 0 fully saturated rings. The van der Waals surface area contributed by atoms with Crippen LogP contribution in [0.15, 0.2) is 0 Å². The fourth-order valence-electron chi connectivity index (χ4n) is 3.00. The molecule has 5 heteroatoms. The lowest BCUT2D eigenvalue weighted by atomic mass is 10.0. The van der Waals surface area contributed by atoms with Crippen LogP contribution in [0, 0.1) is 0 Å². The largest absolute Gasteiger partial charge is 0.464 e. The maximum Gasteiger partial charge on any atom is 0.332 e. The van der Waals surface area contributed by atoms with Crippen molar-refractivity contribution in [1.82, 2.24) is 0 Å². The number of rotatable bonds is 21. The van der Waals surface area contributed by atoms with Crippen molar-refractivity contribution in [1.29, 1.82) is 0 Å². The second-order valence-electron chi connectivity index (χ2n) is 7.53. The minimum Gasteiger partial charge on any atom is -0.464 e. The Morgan fingerprint density at radius 1 is 0.500 bits per heavy atom. The van der Waals surface area contributed by atoms with E-state index in [2.05, 4.69) is 6.92 Å². The SMILES string of the molecule is CCCCCCCCCCCCCCCCOC(=O)COCC(=O)OCCC. The van der Waals surface area contributed by atoms with Gasteiger partial charge in [-0.1, -0.05) is 97.3 Å². The van der Waals surface area contributed by atoms with E-state index in [9.17, 15) is 9.59 Å². The van der Waals surface area contributed by atoms with Crippen molar-refractivity contribution in [3.63, 3.8) is 0 Å². The van der Waals surface area contributed by atoms with Crippen LogP contribution >= 0.6 is 0 Å². The average Bonchev–Trinajstić information content (AvgIpc) is 2.69. The molecule has 0 atom stereocenters. The summed E-state index contributed by atoms with van der Waals surface area (Å²) in [6.07, 6.45) is 19.0. The highest BCUT2D eigenvalue weighted by Crippen LogP contribution is 2.12. The normalized spacial score (nSPS) is 10.8. The second kappa shape index (κ2) is 22.2. The molecule has 0 N–H and O–H groups in total. The van der Waals surface area contributed by atoms with E-state index in [1.165, 1.54) is 77.0 Å². The maximum atomic E-state index is 11.5. The van der Waals surface area contributed by atoms with Gasteiger partial charge in [0, 0.05) is 0 Å². The van der Waals surface area contributed by atoms with Crippen LogP contribution in [-0.4, -0.2) is 38.4 Å². The van der Waals surface area contributed by atoms with Gasteiger partial charge in [-0.05, 0) is 12.8 Å². The number of hydrogen-bond acceptors (Lipinski definition) is 5. The summed E-state index contributed by atoms with van der Waals surface area (Å²) >= 11 is 0. The number of unbranched alkanes of at least 4 members (excludes halogenated alkanes) is 13. The van der Waals surface area contributed by atoms with Gasteiger partial charge in [-0.25, -0.2) is 9.59 Å². The Morgan fingerprint density at radius 2 is 0.893 bits per heavy atom. The first-order valence-electron chi connectivity index (χ1n) is 11.6. The highest BCUT2D eigenvalue weighted by Gasteiger charge is 2.06. The Labute approximate surface area is 172 Å². The molecule has 28 heavy (non-hydrogen) atoms. The highest BCUT2D eigenvalue weighted by molar-refractivity contribution is 5.73. The molecule has 0 saturated heterocycles. The van der Waals surface area contributed by atoms with E-state index in [-0.39, 0.29) is 13.2 Å². The smallest absolute Gasteiger partial charge is 0.332 e. The van der Waals surface area contributed by atoms with Crippen LogP contribution in [0.25, 0.3) is 0 Å². The Bertz CT molecular complexity index is 357. The zero-order valence-electron chi connectivity index (χ0n) is 18.5. The molecule has 0 aromatic heterocycles. The van der Waals surface area contributed by atoms with Gasteiger partial charge in [-0.3, -0.25) is 0 Å². The van der Waals surface area contributed by atoms with Crippen LogP contribution in [0.4, 0.5) is 0 Å². The molecule has 0 heterocycles. The molecule has 0 rings (SSSR count). The van der Waals surface area contributed by atoms with Crippen LogP contribution in [0.2, 0.25) is 0 Å². The molecular formula is C23H44O5. The summed E-state index contributed by atoms with van der Waals surface area (Å²) in [5.41, 5.74) is 0. The van der Waals surface area contributed by atoms with Crippen LogP contribution < -0.4 is 0 Å². The first-order valence-corrected chi connectivity index (χ1v) is 11.6. The van der Waals surface area contributed by atoms with E-state index in [1.54, 1.807) is 0 Å². The van der Waals surface area contributed by atoms with E-state index in [1.807, 2.05) is 6.92 Å². The summed E-state index contributed by atoms with van der Waals surface area (Å²) in [6, 6.07) is 0. The fourth-order valence-corrected chi connectivity index (χ4v) is 3.00. The van der Waals surface area contributed by atoms with Crippen LogP contribution in [0.1, 0.15) is 110 Å². The van der Waals surface area contributed by atoms with E-state index in [0.717, 1.165) is 19.3 Å². The van der Waals surface area contributed by atoms with Gasteiger partial charge in [0.1, 0.15) is 13.2 Å². The summed E-state index contributed by atoms with van der Waals surface area (Å²) in [4.78, 5) is 22.7. The van der Waals surface area contributed by atoms with E-state index >= 15 is 0 Å². The van der Waals surface area contributed by atoms with Gasteiger partial charge in [0.2, 0.25) is 0 Å². The van der Waals surface area contributed by atoms with Crippen LogP contribution in [0.5, 0.6) is 0 Å². The van der Waals surface area contributed by atoms with Crippen molar-refractivity contribution < 1.29 is 23.8 Å². The molecule has 5 nitrogen and oxygen atoms in total. The summed E-state index contributed by atoms with van der Waals surface area (Å²) in [5.74, 6) is -0.861. The third kappa shape index (κ3) is 21.2. The van der Waals surface area contributed by atoms with Gasteiger partial charge in [-0.15, -0.1) is 0 Å². The van der Waals surface area contributed by atoms with Crippen molar-refractivity contribution in [3.8, 4) is 0 Å². The lowest BCUT2D eigenvalue weighted by Crippen LogP contribution is -2.19. The molecule has 0 amide bonds. The van der Waals surface area contributed by atoms with Gasteiger partial charge in [0.15, 0.2) is 0 Å². The second-order valence-corrected chi connectivity index (χ2v) is 7.53. The zero-order chi connectivity index (χ0) is 20.7. The molecule has 0 aliphatic heterocycles. The Kier molecular flexibility index (Phi) is 21.3. The summed E-state index contributed by atoms with van der Waals surface area (Å²) in [6.45, 7) is 4.60. The first kappa shape index (κ1) is 26.9. The third-order valence-corrected chi connectivity index (χ3v) is 4.67. The maximum absolute atomic E-state index is 11.5. The van der Waals surface area contributed by atoms with Crippen molar-refractivity contribution in [2.24, 2.45) is 0 Å².